The molecular formula is C13H16BrClFNO. The Labute approximate surface area is 120 Å². The lowest BCUT2D eigenvalue weighted by molar-refractivity contribution is 0.0810. The van der Waals surface area contributed by atoms with Gasteiger partial charge in [0.15, 0.2) is 0 Å². The van der Waals surface area contributed by atoms with Gasteiger partial charge in [0.25, 0.3) is 0 Å². The minimum atomic E-state index is -0.430. The van der Waals surface area contributed by atoms with Crippen LogP contribution < -0.4 is 5.73 Å². The molecule has 3 unspecified atom stereocenters. The summed E-state index contributed by atoms with van der Waals surface area (Å²) in [5.74, 6) is -0.276. The van der Waals surface area contributed by atoms with Crippen molar-refractivity contribution in [1.82, 2.24) is 0 Å². The number of rotatable bonds is 3. The maximum absolute atomic E-state index is 14.1. The molecule has 1 aromatic rings. The molecular weight excluding hydrogens is 321 g/mol. The van der Waals surface area contributed by atoms with Crippen molar-refractivity contribution in [2.75, 3.05) is 6.61 Å². The van der Waals surface area contributed by atoms with E-state index < -0.39 is 5.82 Å². The average Bonchev–Trinajstić information content (AvgIpc) is 2.83. The van der Waals surface area contributed by atoms with Gasteiger partial charge in [0, 0.05) is 28.6 Å². The standard InChI is InChI=1S/C13H16BrClFNO/c1-2-10-7(5-6-18-10)13(17)8-3-4-9(14)11(15)12(8)16/h3-4,7,10,13H,2,5-6,17H2,1H3. The minimum Gasteiger partial charge on any atom is -0.378 e. The van der Waals surface area contributed by atoms with E-state index in [1.54, 1.807) is 12.1 Å². The Morgan fingerprint density at radius 1 is 1.61 bits per heavy atom. The molecule has 1 aliphatic rings. The van der Waals surface area contributed by atoms with Gasteiger partial charge in [0.2, 0.25) is 0 Å². The molecule has 0 saturated carbocycles. The molecule has 100 valence electrons. The lowest BCUT2D eigenvalue weighted by Gasteiger charge is -2.24. The fourth-order valence-electron chi connectivity index (χ4n) is 2.53. The quantitative estimate of drug-likeness (QED) is 0.845. The summed E-state index contributed by atoms with van der Waals surface area (Å²) in [6, 6.07) is 3.06. The Bertz CT molecular complexity index is 443. The molecule has 0 radical (unpaired) electrons. The zero-order chi connectivity index (χ0) is 13.3. The van der Waals surface area contributed by atoms with E-state index in [1.165, 1.54) is 0 Å². The molecule has 0 spiro atoms. The first kappa shape index (κ1) is 14.3. The second kappa shape index (κ2) is 5.87. The molecule has 18 heavy (non-hydrogen) atoms. The van der Waals surface area contributed by atoms with E-state index >= 15 is 0 Å². The van der Waals surface area contributed by atoms with Crippen LogP contribution in [0.2, 0.25) is 5.02 Å². The molecule has 5 heteroatoms. The van der Waals surface area contributed by atoms with Crippen LogP contribution in [-0.2, 0) is 4.74 Å². The van der Waals surface area contributed by atoms with E-state index in [9.17, 15) is 4.39 Å². The van der Waals surface area contributed by atoms with Gasteiger partial charge >= 0.3 is 0 Å². The van der Waals surface area contributed by atoms with E-state index in [0.717, 1.165) is 12.8 Å². The summed E-state index contributed by atoms with van der Waals surface area (Å²) in [5, 5.41) is 0.0925. The smallest absolute Gasteiger partial charge is 0.147 e. The van der Waals surface area contributed by atoms with Gasteiger partial charge in [-0.15, -0.1) is 0 Å². The first-order chi connectivity index (χ1) is 8.56. The lowest BCUT2D eigenvalue weighted by Crippen LogP contribution is -2.28. The van der Waals surface area contributed by atoms with Gasteiger partial charge in [0.05, 0.1) is 11.1 Å². The third kappa shape index (κ3) is 2.57. The highest BCUT2D eigenvalue weighted by Crippen LogP contribution is 2.37. The van der Waals surface area contributed by atoms with Gasteiger partial charge in [-0.05, 0) is 34.8 Å². The van der Waals surface area contributed by atoms with E-state index in [4.69, 9.17) is 22.1 Å². The Morgan fingerprint density at radius 2 is 2.33 bits per heavy atom. The molecule has 1 heterocycles. The first-order valence-corrected chi connectivity index (χ1v) is 7.24. The van der Waals surface area contributed by atoms with Crippen molar-refractivity contribution in [2.24, 2.45) is 11.7 Å². The van der Waals surface area contributed by atoms with Crippen molar-refractivity contribution < 1.29 is 9.13 Å². The summed E-state index contributed by atoms with van der Waals surface area (Å²) in [6.45, 7) is 2.75. The lowest BCUT2D eigenvalue weighted by atomic mass is 9.87. The maximum Gasteiger partial charge on any atom is 0.147 e. The van der Waals surface area contributed by atoms with Crippen LogP contribution in [-0.4, -0.2) is 12.7 Å². The molecule has 1 fully saturated rings. The molecule has 1 aromatic carbocycles. The molecule has 0 aliphatic carbocycles. The van der Waals surface area contributed by atoms with Crippen LogP contribution in [0, 0.1) is 11.7 Å². The van der Waals surface area contributed by atoms with Gasteiger partial charge in [-0.25, -0.2) is 4.39 Å². The maximum atomic E-state index is 14.1. The highest BCUT2D eigenvalue weighted by atomic mass is 79.9. The van der Waals surface area contributed by atoms with E-state index in [0.29, 0.717) is 16.6 Å². The van der Waals surface area contributed by atoms with Crippen LogP contribution in [0.3, 0.4) is 0 Å². The number of hydrogen-bond donors (Lipinski definition) is 1. The van der Waals surface area contributed by atoms with Crippen LogP contribution in [0.25, 0.3) is 0 Å². The van der Waals surface area contributed by atoms with Crippen molar-refractivity contribution in [2.45, 2.75) is 31.9 Å². The van der Waals surface area contributed by atoms with Gasteiger partial charge < -0.3 is 10.5 Å². The first-order valence-electron chi connectivity index (χ1n) is 6.06. The fraction of sp³-hybridized carbons (Fsp3) is 0.538. The van der Waals surface area contributed by atoms with Crippen molar-refractivity contribution in [3.05, 3.63) is 33.0 Å². The zero-order valence-electron chi connectivity index (χ0n) is 10.1. The molecule has 0 bridgehead atoms. The van der Waals surface area contributed by atoms with E-state index in [2.05, 4.69) is 22.9 Å². The Hall–Kier alpha value is -0.160. The van der Waals surface area contributed by atoms with Crippen LogP contribution in [0.5, 0.6) is 0 Å². The third-order valence-corrected chi connectivity index (χ3v) is 4.81. The van der Waals surface area contributed by atoms with Crippen LogP contribution in [0.1, 0.15) is 31.4 Å². The molecule has 0 aromatic heterocycles. The monoisotopic (exact) mass is 335 g/mol. The second-order valence-corrected chi connectivity index (χ2v) is 5.79. The number of nitrogens with two attached hydrogens (primary N) is 1. The normalized spacial score (nSPS) is 25.4. The average molecular weight is 337 g/mol. The molecule has 0 amide bonds. The van der Waals surface area contributed by atoms with Crippen LogP contribution in [0.15, 0.2) is 16.6 Å². The fourth-order valence-corrected chi connectivity index (χ4v) is 3.00. The van der Waals surface area contributed by atoms with Crippen molar-refractivity contribution >= 4 is 27.5 Å². The molecule has 2 nitrogen and oxygen atoms in total. The number of ether oxygens (including phenoxy) is 1. The van der Waals surface area contributed by atoms with Gasteiger partial charge in [-0.2, -0.15) is 0 Å². The van der Waals surface area contributed by atoms with Crippen LogP contribution in [0.4, 0.5) is 4.39 Å². The Kier molecular flexibility index (Phi) is 4.64. The number of benzene rings is 1. The summed E-state index contributed by atoms with van der Waals surface area (Å²) in [7, 11) is 0. The SMILES string of the molecule is CCC1OCCC1C(N)c1ccc(Br)c(Cl)c1F. The highest BCUT2D eigenvalue weighted by molar-refractivity contribution is 9.10. The molecule has 1 aliphatic heterocycles. The molecule has 2 N–H and O–H groups in total. The number of hydrogen-bond acceptors (Lipinski definition) is 2. The predicted octanol–water partition coefficient (Wildman–Crippen LogP) is 4.06. The van der Waals surface area contributed by atoms with Crippen molar-refractivity contribution in [3.63, 3.8) is 0 Å². The highest BCUT2D eigenvalue weighted by Gasteiger charge is 2.34. The predicted molar refractivity (Wildman–Crippen MR) is 74.2 cm³/mol. The number of halogens is 3. The van der Waals surface area contributed by atoms with Crippen molar-refractivity contribution in [3.8, 4) is 0 Å². The summed E-state index contributed by atoms with van der Waals surface area (Å²) >= 11 is 9.10. The summed E-state index contributed by atoms with van der Waals surface area (Å²) in [5.41, 5.74) is 6.66. The van der Waals surface area contributed by atoms with Gasteiger partial charge in [-0.1, -0.05) is 24.6 Å². The molecule has 3 atom stereocenters. The van der Waals surface area contributed by atoms with Gasteiger partial charge in [0.1, 0.15) is 5.82 Å². The van der Waals surface area contributed by atoms with E-state index in [-0.39, 0.29) is 23.1 Å². The largest absolute Gasteiger partial charge is 0.378 e. The van der Waals surface area contributed by atoms with Crippen molar-refractivity contribution in [1.29, 1.82) is 0 Å². The molecule has 1 saturated heterocycles. The zero-order valence-corrected chi connectivity index (χ0v) is 12.5. The van der Waals surface area contributed by atoms with Gasteiger partial charge in [-0.3, -0.25) is 0 Å². The summed E-state index contributed by atoms with van der Waals surface area (Å²) in [6.07, 6.45) is 1.87. The Balaban J connectivity index is 2.28. The topological polar surface area (TPSA) is 35.2 Å². The third-order valence-electron chi connectivity index (χ3n) is 3.55. The summed E-state index contributed by atoms with van der Waals surface area (Å²) < 4.78 is 20.3. The minimum absolute atomic E-state index is 0.0925. The second-order valence-electron chi connectivity index (χ2n) is 4.56. The summed E-state index contributed by atoms with van der Waals surface area (Å²) in [4.78, 5) is 0. The van der Waals surface area contributed by atoms with Crippen LogP contribution >= 0.6 is 27.5 Å². The Morgan fingerprint density at radius 3 is 3.00 bits per heavy atom. The van der Waals surface area contributed by atoms with E-state index in [1.807, 2.05) is 0 Å². The molecule has 2 rings (SSSR count).